The van der Waals surface area contributed by atoms with E-state index < -0.39 is 0 Å². The quantitative estimate of drug-likeness (QED) is 0.344. The highest BCUT2D eigenvalue weighted by atomic mass is 127. The first-order valence-electron chi connectivity index (χ1n) is 8.75. The number of benzene rings is 1. The molecule has 152 valence electrons. The fourth-order valence-electron chi connectivity index (χ4n) is 2.46. The fraction of sp³-hybridized carbons (Fsp3) is 0.368. The van der Waals surface area contributed by atoms with Crippen molar-refractivity contribution in [2.75, 3.05) is 34.0 Å². The molecule has 1 aliphatic heterocycles. The third-order valence-corrected chi connectivity index (χ3v) is 4.01. The number of hydrogen-bond acceptors (Lipinski definition) is 5. The Bertz CT molecular complexity index is 793. The van der Waals surface area contributed by atoms with Crippen LogP contribution >= 0.6 is 24.0 Å². The summed E-state index contributed by atoms with van der Waals surface area (Å²) in [5.74, 6) is 2.90. The summed E-state index contributed by atoms with van der Waals surface area (Å²) in [6.07, 6.45) is 2.37. The number of fused-ring (bicyclic) bond motifs is 1. The molecule has 1 aliphatic rings. The summed E-state index contributed by atoms with van der Waals surface area (Å²) in [5.41, 5.74) is 0.991. The van der Waals surface area contributed by atoms with Crippen molar-refractivity contribution in [1.82, 2.24) is 15.5 Å². The average molecular weight is 500 g/mol. The second-order valence-corrected chi connectivity index (χ2v) is 6.25. The maximum atomic E-state index is 11.8. The Morgan fingerprint density at radius 2 is 2.00 bits per heavy atom. The first kappa shape index (κ1) is 21.9. The lowest BCUT2D eigenvalue weighted by atomic mass is 10.2. The van der Waals surface area contributed by atoms with Gasteiger partial charge >= 0.3 is 0 Å². The minimum Gasteiger partial charge on any atom is -0.469 e. The van der Waals surface area contributed by atoms with Gasteiger partial charge in [0.2, 0.25) is 12.7 Å². The van der Waals surface area contributed by atoms with Crippen LogP contribution in [0.25, 0.3) is 0 Å². The monoisotopic (exact) mass is 500 g/mol. The fourth-order valence-corrected chi connectivity index (χ4v) is 2.46. The summed E-state index contributed by atoms with van der Waals surface area (Å²) in [5, 5.41) is 6.29. The van der Waals surface area contributed by atoms with Crippen LogP contribution in [-0.4, -0.2) is 50.7 Å². The molecule has 1 aromatic carbocycles. The van der Waals surface area contributed by atoms with Gasteiger partial charge in [-0.05, 0) is 29.8 Å². The van der Waals surface area contributed by atoms with Gasteiger partial charge in [0.05, 0.1) is 19.4 Å². The summed E-state index contributed by atoms with van der Waals surface area (Å²) >= 11 is 0. The van der Waals surface area contributed by atoms with Crippen molar-refractivity contribution in [3.05, 3.63) is 47.9 Å². The van der Waals surface area contributed by atoms with Crippen LogP contribution in [0.4, 0.5) is 0 Å². The number of nitrogens with zero attached hydrogens (tertiary/aromatic N) is 2. The summed E-state index contributed by atoms with van der Waals surface area (Å²) in [6.45, 7) is 1.50. The molecule has 9 heteroatoms. The number of nitrogens with one attached hydrogen (secondary N) is 2. The molecular weight excluding hydrogens is 475 g/mol. The Morgan fingerprint density at radius 3 is 2.75 bits per heavy atom. The summed E-state index contributed by atoms with van der Waals surface area (Å²) in [4.78, 5) is 17.9. The molecule has 8 nitrogen and oxygen atoms in total. The van der Waals surface area contributed by atoms with Gasteiger partial charge in [-0.15, -0.1) is 24.0 Å². The summed E-state index contributed by atoms with van der Waals surface area (Å²) < 4.78 is 16.0. The molecule has 2 N–H and O–H groups in total. The van der Waals surface area contributed by atoms with Crippen molar-refractivity contribution in [3.8, 4) is 11.5 Å². The van der Waals surface area contributed by atoms with Crippen molar-refractivity contribution in [3.63, 3.8) is 0 Å². The van der Waals surface area contributed by atoms with Crippen LogP contribution in [0.3, 0.4) is 0 Å². The molecule has 0 saturated heterocycles. The van der Waals surface area contributed by atoms with Gasteiger partial charge in [0.15, 0.2) is 17.5 Å². The van der Waals surface area contributed by atoms with E-state index >= 15 is 0 Å². The lowest BCUT2D eigenvalue weighted by molar-refractivity contribution is -0.127. The van der Waals surface area contributed by atoms with Crippen molar-refractivity contribution >= 4 is 35.8 Å². The average Bonchev–Trinajstić information content (AvgIpc) is 3.34. The van der Waals surface area contributed by atoms with E-state index in [1.165, 1.54) is 4.90 Å². The smallest absolute Gasteiger partial charge is 0.241 e. The van der Waals surface area contributed by atoms with Gasteiger partial charge in [0.25, 0.3) is 0 Å². The van der Waals surface area contributed by atoms with E-state index in [1.807, 2.05) is 30.3 Å². The van der Waals surface area contributed by atoms with Crippen molar-refractivity contribution in [2.24, 2.45) is 4.99 Å². The van der Waals surface area contributed by atoms with Crippen LogP contribution in [-0.2, 0) is 17.8 Å². The molecule has 1 aromatic heterocycles. The highest BCUT2D eigenvalue weighted by Gasteiger charge is 2.13. The number of amides is 1. The van der Waals surface area contributed by atoms with Gasteiger partial charge in [-0.3, -0.25) is 4.79 Å². The molecule has 0 saturated carbocycles. The number of hydrogen-bond donors (Lipinski definition) is 2. The van der Waals surface area contributed by atoms with Crippen LogP contribution < -0.4 is 20.1 Å². The van der Waals surface area contributed by atoms with E-state index in [-0.39, 0.29) is 43.2 Å². The molecule has 0 atom stereocenters. The first-order chi connectivity index (χ1) is 13.1. The molecule has 0 unspecified atom stereocenters. The molecule has 2 heterocycles. The molecule has 1 amide bonds. The molecule has 0 bridgehead atoms. The predicted molar refractivity (Wildman–Crippen MR) is 116 cm³/mol. The van der Waals surface area contributed by atoms with Gasteiger partial charge in [0.1, 0.15) is 5.76 Å². The van der Waals surface area contributed by atoms with E-state index in [0.29, 0.717) is 19.0 Å². The minimum atomic E-state index is -0.0291. The molecule has 3 rings (SSSR count). The lowest BCUT2D eigenvalue weighted by Crippen LogP contribution is -2.43. The van der Waals surface area contributed by atoms with Gasteiger partial charge in [-0.2, -0.15) is 0 Å². The minimum absolute atomic E-state index is 0. The topological polar surface area (TPSA) is 88.3 Å². The predicted octanol–water partition coefficient (Wildman–Crippen LogP) is 1.99. The molecule has 0 fully saturated rings. The van der Waals surface area contributed by atoms with Crippen LogP contribution in [0.1, 0.15) is 11.3 Å². The molecule has 0 aliphatic carbocycles. The van der Waals surface area contributed by atoms with Crippen molar-refractivity contribution < 1.29 is 18.7 Å². The molecule has 2 aromatic rings. The van der Waals surface area contributed by atoms with Gasteiger partial charge in [-0.1, -0.05) is 6.07 Å². The number of likely N-dealkylation sites (N-methyl/N-ethyl adjacent to an activating group) is 1. The Kier molecular flexibility index (Phi) is 8.42. The van der Waals surface area contributed by atoms with Crippen LogP contribution in [0.2, 0.25) is 0 Å². The maximum Gasteiger partial charge on any atom is 0.241 e. The Morgan fingerprint density at radius 1 is 1.18 bits per heavy atom. The van der Waals surface area contributed by atoms with Crippen molar-refractivity contribution in [2.45, 2.75) is 13.0 Å². The second-order valence-electron chi connectivity index (χ2n) is 6.25. The molecule has 0 radical (unpaired) electrons. The highest BCUT2D eigenvalue weighted by Crippen LogP contribution is 2.32. The number of carbonyl (C=O) groups excluding carboxylic acids is 1. The van der Waals surface area contributed by atoms with Crippen LogP contribution in [0.15, 0.2) is 46.0 Å². The van der Waals surface area contributed by atoms with Gasteiger partial charge in [0, 0.05) is 27.1 Å². The SMILES string of the molecule is CN(C)C(=O)CNC(=NCc1ccc2c(c1)OCO2)NCCc1ccco1.I. The number of furan rings is 1. The number of halogens is 1. The van der Waals surface area contributed by atoms with Gasteiger partial charge in [-0.25, -0.2) is 4.99 Å². The normalized spacial score (nSPS) is 12.3. The zero-order valence-electron chi connectivity index (χ0n) is 15.9. The molecular formula is C19H25IN4O4. The van der Waals surface area contributed by atoms with Gasteiger partial charge < -0.3 is 29.4 Å². The number of rotatable bonds is 7. The molecule has 28 heavy (non-hydrogen) atoms. The number of aliphatic imine (C=N–C) groups is 1. The van der Waals surface area contributed by atoms with E-state index in [4.69, 9.17) is 13.9 Å². The highest BCUT2D eigenvalue weighted by molar-refractivity contribution is 14.0. The zero-order valence-corrected chi connectivity index (χ0v) is 18.3. The van der Waals surface area contributed by atoms with E-state index in [1.54, 1.807) is 20.4 Å². The van der Waals surface area contributed by atoms with E-state index in [0.717, 1.165) is 29.2 Å². The maximum absolute atomic E-state index is 11.8. The zero-order chi connectivity index (χ0) is 19.1. The Balaban J connectivity index is 0.00000280. The first-order valence-corrected chi connectivity index (χ1v) is 8.75. The molecule has 0 spiro atoms. The largest absolute Gasteiger partial charge is 0.469 e. The van der Waals surface area contributed by atoms with Crippen LogP contribution in [0, 0.1) is 0 Å². The lowest BCUT2D eigenvalue weighted by Gasteiger charge is -2.15. The summed E-state index contributed by atoms with van der Waals surface area (Å²) in [7, 11) is 3.44. The van der Waals surface area contributed by atoms with Crippen molar-refractivity contribution in [1.29, 1.82) is 0 Å². The Hall–Kier alpha value is -2.43. The third-order valence-electron chi connectivity index (χ3n) is 4.01. The summed E-state index contributed by atoms with van der Waals surface area (Å²) in [6, 6.07) is 9.52. The van der Waals surface area contributed by atoms with E-state index in [2.05, 4.69) is 15.6 Å². The Labute approximate surface area is 181 Å². The number of carbonyl (C=O) groups is 1. The second kappa shape index (κ2) is 10.8. The standard InChI is InChI=1S/C19H24N4O4.HI/c1-23(2)18(24)12-22-19(20-8-7-15-4-3-9-25-15)21-11-14-5-6-16-17(10-14)27-13-26-16;/h3-6,9-10H,7-8,11-13H2,1-2H3,(H2,20,21,22);1H. The number of guanidine groups is 1. The number of ether oxygens (including phenoxy) is 2. The third kappa shape index (κ3) is 6.32. The van der Waals surface area contributed by atoms with E-state index in [9.17, 15) is 4.79 Å². The van der Waals surface area contributed by atoms with Crippen LogP contribution in [0.5, 0.6) is 11.5 Å².